The van der Waals surface area contributed by atoms with Gasteiger partial charge in [0.2, 0.25) is 0 Å². The third kappa shape index (κ3) is 3.15. The van der Waals surface area contributed by atoms with Crippen LogP contribution in [-0.4, -0.2) is 26.0 Å². The Kier molecular flexibility index (Phi) is 3.70. The van der Waals surface area contributed by atoms with Crippen LogP contribution >= 0.6 is 0 Å². The van der Waals surface area contributed by atoms with Crippen molar-refractivity contribution in [1.29, 1.82) is 0 Å². The largest absolute Gasteiger partial charge is 0.455 e. The van der Waals surface area contributed by atoms with Crippen LogP contribution in [0.5, 0.6) is 0 Å². The van der Waals surface area contributed by atoms with E-state index in [4.69, 9.17) is 10.3 Å². The SMILES string of the molecule is Nn1cnnc1N/N=C/c1ccc(-c2cccc([N+](=O)[O-])c2)o1. The highest BCUT2D eigenvalue weighted by Gasteiger charge is 2.09. The zero-order valence-electron chi connectivity index (χ0n) is 11.7. The quantitative estimate of drug-likeness (QED) is 0.316. The number of hydrogen-bond donors (Lipinski definition) is 2. The van der Waals surface area contributed by atoms with Crippen LogP contribution in [0.25, 0.3) is 11.3 Å². The Hall–Kier alpha value is -3.69. The molecule has 0 aliphatic heterocycles. The molecule has 116 valence electrons. The summed E-state index contributed by atoms with van der Waals surface area (Å²) in [7, 11) is 0. The van der Waals surface area contributed by atoms with E-state index in [-0.39, 0.29) is 11.6 Å². The van der Waals surface area contributed by atoms with E-state index >= 15 is 0 Å². The van der Waals surface area contributed by atoms with Gasteiger partial charge < -0.3 is 10.3 Å². The maximum atomic E-state index is 10.8. The molecule has 10 nitrogen and oxygen atoms in total. The molecule has 0 radical (unpaired) electrons. The van der Waals surface area contributed by atoms with Crippen molar-refractivity contribution in [2.24, 2.45) is 5.10 Å². The number of nitro benzene ring substituents is 1. The van der Waals surface area contributed by atoms with Crippen molar-refractivity contribution in [1.82, 2.24) is 14.9 Å². The molecule has 0 bridgehead atoms. The molecule has 0 amide bonds. The first-order chi connectivity index (χ1) is 11.1. The van der Waals surface area contributed by atoms with Gasteiger partial charge in [-0.2, -0.15) is 5.10 Å². The smallest absolute Gasteiger partial charge is 0.270 e. The van der Waals surface area contributed by atoms with Gasteiger partial charge in [-0.1, -0.05) is 12.1 Å². The van der Waals surface area contributed by atoms with Gasteiger partial charge >= 0.3 is 0 Å². The number of aromatic nitrogens is 3. The van der Waals surface area contributed by atoms with Crippen LogP contribution in [0.15, 0.2) is 52.2 Å². The molecule has 3 N–H and O–H groups in total. The molecule has 3 rings (SSSR count). The minimum atomic E-state index is -0.457. The standard InChI is InChI=1S/C13H11N7O3/c14-19-8-16-18-13(19)17-15-7-11-4-5-12(23-11)9-2-1-3-10(6-9)20(21)22/h1-8H,14H2,(H,17,18)/b15-7+. The van der Waals surface area contributed by atoms with Crippen molar-refractivity contribution >= 4 is 17.9 Å². The Labute approximate surface area is 129 Å². The van der Waals surface area contributed by atoms with Gasteiger partial charge in [-0.05, 0) is 12.1 Å². The highest BCUT2D eigenvalue weighted by molar-refractivity contribution is 5.78. The monoisotopic (exact) mass is 313 g/mol. The molecule has 0 saturated carbocycles. The zero-order chi connectivity index (χ0) is 16.2. The molecule has 0 spiro atoms. The first-order valence-electron chi connectivity index (χ1n) is 6.42. The molecule has 10 heteroatoms. The van der Waals surface area contributed by atoms with Gasteiger partial charge in [-0.15, -0.1) is 10.2 Å². The number of furan rings is 1. The number of nitrogen functional groups attached to an aromatic ring is 1. The third-order valence-corrected chi connectivity index (χ3v) is 2.90. The molecule has 0 atom stereocenters. The molecule has 3 aromatic rings. The Morgan fingerprint density at radius 2 is 2.26 bits per heavy atom. The number of rotatable bonds is 5. The second kappa shape index (κ2) is 5.97. The van der Waals surface area contributed by atoms with Crippen molar-refractivity contribution in [2.45, 2.75) is 0 Å². The van der Waals surface area contributed by atoms with Gasteiger partial charge in [0.1, 0.15) is 17.8 Å². The molecule has 0 saturated heterocycles. The maximum Gasteiger partial charge on any atom is 0.270 e. The number of nitrogens with one attached hydrogen (secondary N) is 1. The summed E-state index contributed by atoms with van der Waals surface area (Å²) in [5, 5.41) is 22.0. The fraction of sp³-hybridized carbons (Fsp3) is 0. The normalized spacial score (nSPS) is 11.0. The summed E-state index contributed by atoms with van der Waals surface area (Å²) in [4.78, 5) is 10.3. The molecule has 2 heterocycles. The van der Waals surface area contributed by atoms with E-state index in [0.29, 0.717) is 17.1 Å². The van der Waals surface area contributed by atoms with E-state index in [0.717, 1.165) is 0 Å². The fourth-order valence-corrected chi connectivity index (χ4v) is 1.83. The minimum Gasteiger partial charge on any atom is -0.455 e. The number of hydrazone groups is 1. The number of nitrogens with two attached hydrogens (primary N) is 1. The van der Waals surface area contributed by atoms with Crippen LogP contribution in [0.4, 0.5) is 11.6 Å². The van der Waals surface area contributed by atoms with Gasteiger partial charge in [0.15, 0.2) is 0 Å². The first kappa shape index (κ1) is 14.3. The second-order valence-electron chi connectivity index (χ2n) is 4.44. The topological polar surface area (TPSA) is 137 Å². The van der Waals surface area contributed by atoms with E-state index in [1.807, 2.05) is 0 Å². The Morgan fingerprint density at radius 1 is 1.39 bits per heavy atom. The van der Waals surface area contributed by atoms with Gasteiger partial charge in [0, 0.05) is 17.7 Å². The maximum absolute atomic E-state index is 10.8. The summed E-state index contributed by atoms with van der Waals surface area (Å²) >= 11 is 0. The first-order valence-corrected chi connectivity index (χ1v) is 6.42. The molecule has 0 aliphatic carbocycles. The van der Waals surface area contributed by atoms with Crippen molar-refractivity contribution in [2.75, 3.05) is 11.3 Å². The summed E-state index contributed by atoms with van der Waals surface area (Å²) in [6.07, 6.45) is 2.75. The van der Waals surface area contributed by atoms with E-state index in [2.05, 4.69) is 20.7 Å². The Bertz CT molecular complexity index is 868. The summed E-state index contributed by atoms with van der Waals surface area (Å²) in [6.45, 7) is 0. The Morgan fingerprint density at radius 3 is 3.00 bits per heavy atom. The van der Waals surface area contributed by atoms with Crippen molar-refractivity contribution < 1.29 is 9.34 Å². The average molecular weight is 313 g/mol. The molecule has 1 aromatic carbocycles. The lowest BCUT2D eigenvalue weighted by Gasteiger charge is -1.97. The predicted octanol–water partition coefficient (Wildman–Crippen LogP) is 1.61. The van der Waals surface area contributed by atoms with E-state index < -0.39 is 4.92 Å². The minimum absolute atomic E-state index is 0.00179. The number of non-ortho nitro benzene ring substituents is 1. The number of benzene rings is 1. The van der Waals surface area contributed by atoms with Crippen LogP contribution < -0.4 is 11.3 Å². The summed E-state index contributed by atoms with van der Waals surface area (Å²) in [6, 6.07) is 9.57. The van der Waals surface area contributed by atoms with Crippen molar-refractivity contribution in [3.63, 3.8) is 0 Å². The third-order valence-electron chi connectivity index (χ3n) is 2.90. The van der Waals surface area contributed by atoms with E-state index in [1.165, 1.54) is 29.4 Å². The van der Waals surface area contributed by atoms with Crippen LogP contribution in [0, 0.1) is 10.1 Å². The van der Waals surface area contributed by atoms with Gasteiger partial charge in [0.05, 0.1) is 11.1 Å². The molecule has 2 aromatic heterocycles. The zero-order valence-corrected chi connectivity index (χ0v) is 11.7. The van der Waals surface area contributed by atoms with Crippen molar-refractivity contribution in [3.8, 4) is 11.3 Å². The van der Waals surface area contributed by atoms with E-state index in [1.54, 1.807) is 24.3 Å². The van der Waals surface area contributed by atoms with E-state index in [9.17, 15) is 10.1 Å². The molecule has 0 aliphatic rings. The number of hydrogen-bond acceptors (Lipinski definition) is 8. The lowest BCUT2D eigenvalue weighted by molar-refractivity contribution is -0.384. The summed E-state index contributed by atoms with van der Waals surface area (Å²) in [5.41, 5.74) is 3.20. The van der Waals surface area contributed by atoms with Crippen LogP contribution in [-0.2, 0) is 0 Å². The lowest BCUT2D eigenvalue weighted by atomic mass is 10.1. The number of anilines is 1. The van der Waals surface area contributed by atoms with Gasteiger partial charge in [-0.25, -0.2) is 10.1 Å². The van der Waals surface area contributed by atoms with Crippen LogP contribution in [0.2, 0.25) is 0 Å². The summed E-state index contributed by atoms with van der Waals surface area (Å²) in [5.74, 6) is 6.74. The molecule has 23 heavy (non-hydrogen) atoms. The molecular formula is C13H11N7O3. The van der Waals surface area contributed by atoms with Gasteiger partial charge in [0.25, 0.3) is 11.6 Å². The average Bonchev–Trinajstić information content (AvgIpc) is 3.17. The molecule has 0 fully saturated rings. The highest BCUT2D eigenvalue weighted by Crippen LogP contribution is 2.25. The van der Waals surface area contributed by atoms with Gasteiger partial charge in [-0.3, -0.25) is 10.1 Å². The molecule has 0 unspecified atom stereocenters. The lowest BCUT2D eigenvalue weighted by Crippen LogP contribution is -2.10. The second-order valence-corrected chi connectivity index (χ2v) is 4.44. The fourth-order valence-electron chi connectivity index (χ4n) is 1.83. The summed E-state index contributed by atoms with van der Waals surface area (Å²) < 4.78 is 6.74. The van der Waals surface area contributed by atoms with Crippen LogP contribution in [0.3, 0.4) is 0 Å². The molecular weight excluding hydrogens is 302 g/mol. The van der Waals surface area contributed by atoms with Crippen LogP contribution in [0.1, 0.15) is 5.76 Å². The van der Waals surface area contributed by atoms with Crippen molar-refractivity contribution in [3.05, 3.63) is 58.6 Å². The highest BCUT2D eigenvalue weighted by atomic mass is 16.6. The predicted molar refractivity (Wildman–Crippen MR) is 82.2 cm³/mol. The Balaban J connectivity index is 1.74. The number of nitro groups is 1. The number of nitrogens with zero attached hydrogens (tertiary/aromatic N) is 5.